The van der Waals surface area contributed by atoms with Crippen molar-refractivity contribution in [3.05, 3.63) is 11.9 Å². The normalized spacial score (nSPS) is 15.0. The minimum absolute atomic E-state index is 0.0101. The highest BCUT2D eigenvalue weighted by molar-refractivity contribution is 5.90. The van der Waals surface area contributed by atoms with Gasteiger partial charge in [0.05, 0.1) is 6.20 Å². The van der Waals surface area contributed by atoms with Crippen LogP contribution >= 0.6 is 0 Å². The van der Waals surface area contributed by atoms with Gasteiger partial charge in [-0.2, -0.15) is 0 Å². The Balaban J connectivity index is 1.78. The predicted octanol–water partition coefficient (Wildman–Crippen LogP) is 6.10. The molecule has 3 heterocycles. The smallest absolute Gasteiger partial charge is 0.419 e. The first-order valence-electron chi connectivity index (χ1n) is 16.5. The fourth-order valence-corrected chi connectivity index (χ4v) is 5.55. The van der Waals surface area contributed by atoms with Gasteiger partial charge in [0.1, 0.15) is 39.6 Å². The van der Waals surface area contributed by atoms with Crippen LogP contribution in [-0.2, 0) is 16.0 Å². The van der Waals surface area contributed by atoms with Crippen LogP contribution in [0.2, 0.25) is 0 Å². The highest BCUT2D eigenvalue weighted by Gasteiger charge is 2.34. The molecule has 2 amide bonds. The summed E-state index contributed by atoms with van der Waals surface area (Å²) in [6, 6.07) is 0. The van der Waals surface area contributed by atoms with Crippen LogP contribution in [0.1, 0.15) is 107 Å². The molecule has 1 unspecified atom stereocenters. The molecule has 3 N–H and O–H groups in total. The number of aryl methyl sites for hydroxylation is 1. The number of aliphatic hydroxyl groups is 1. The number of anilines is 1. The van der Waals surface area contributed by atoms with Gasteiger partial charge in [0.2, 0.25) is 0 Å². The number of nitrogens with zero attached hydrogens (tertiary/aromatic N) is 6. The molecule has 3 aromatic heterocycles. The number of amides is 2. The van der Waals surface area contributed by atoms with Crippen LogP contribution in [0, 0.1) is 17.8 Å². The molecule has 48 heavy (non-hydrogen) atoms. The predicted molar refractivity (Wildman–Crippen MR) is 179 cm³/mol. The van der Waals surface area contributed by atoms with Crippen LogP contribution in [0.4, 0.5) is 15.4 Å². The Morgan fingerprint density at radius 1 is 1.06 bits per heavy atom. The van der Waals surface area contributed by atoms with Gasteiger partial charge in [-0.05, 0) is 97.3 Å². The Labute approximate surface area is 281 Å². The van der Waals surface area contributed by atoms with Crippen molar-refractivity contribution in [1.82, 2.24) is 29.7 Å². The Hall–Kier alpha value is -4.38. The Bertz CT molecular complexity index is 1630. The van der Waals surface area contributed by atoms with Crippen LogP contribution in [0.25, 0.3) is 22.6 Å². The Morgan fingerprint density at radius 3 is 2.21 bits per heavy atom. The molecule has 14 nitrogen and oxygen atoms in total. The van der Waals surface area contributed by atoms with Crippen molar-refractivity contribution in [2.24, 2.45) is 5.92 Å². The van der Waals surface area contributed by atoms with Gasteiger partial charge in [0, 0.05) is 19.5 Å². The van der Waals surface area contributed by atoms with E-state index in [1.807, 2.05) is 11.5 Å². The average molecular weight is 668 g/mol. The van der Waals surface area contributed by atoms with Gasteiger partial charge in [-0.3, -0.25) is 0 Å². The van der Waals surface area contributed by atoms with Crippen molar-refractivity contribution < 1.29 is 33.5 Å². The van der Waals surface area contributed by atoms with Crippen LogP contribution < -0.4 is 10.5 Å². The van der Waals surface area contributed by atoms with Crippen LogP contribution in [-0.4, -0.2) is 76.5 Å². The molecule has 0 aromatic carbocycles. The minimum Gasteiger partial charge on any atom is -0.486 e. The van der Waals surface area contributed by atoms with E-state index in [1.165, 1.54) is 0 Å². The molecule has 0 bridgehead atoms. The average Bonchev–Trinajstić information content (AvgIpc) is 3.57. The molecule has 1 saturated carbocycles. The molecule has 1 aliphatic rings. The number of nitrogen functional groups attached to an aromatic ring is 1. The summed E-state index contributed by atoms with van der Waals surface area (Å²) in [7, 11) is 0. The summed E-state index contributed by atoms with van der Waals surface area (Å²) in [4.78, 5) is 37.0. The molecule has 262 valence electrons. The summed E-state index contributed by atoms with van der Waals surface area (Å²) in [5.41, 5.74) is 4.79. The zero-order valence-corrected chi connectivity index (χ0v) is 29.5. The number of hydrogen-bond donors (Lipinski definition) is 2. The molecule has 0 radical (unpaired) electrons. The lowest BCUT2D eigenvalue weighted by molar-refractivity contribution is -0.00222. The van der Waals surface area contributed by atoms with Gasteiger partial charge >= 0.3 is 12.2 Å². The first-order valence-corrected chi connectivity index (χ1v) is 16.5. The number of imide groups is 1. The van der Waals surface area contributed by atoms with Crippen molar-refractivity contribution in [3.8, 4) is 29.1 Å². The van der Waals surface area contributed by atoms with E-state index in [0.29, 0.717) is 41.3 Å². The minimum atomic E-state index is -1.26. The summed E-state index contributed by atoms with van der Waals surface area (Å²) in [6.45, 7) is 16.0. The molecule has 0 spiro atoms. The van der Waals surface area contributed by atoms with Crippen LogP contribution in [0.5, 0.6) is 5.75 Å². The third-order valence-electron chi connectivity index (χ3n) is 7.58. The number of rotatable bonds is 8. The molecule has 1 fully saturated rings. The zero-order chi connectivity index (χ0) is 35.4. The summed E-state index contributed by atoms with van der Waals surface area (Å²) < 4.78 is 24.8. The van der Waals surface area contributed by atoms with Gasteiger partial charge in [0.25, 0.3) is 0 Å². The van der Waals surface area contributed by atoms with Crippen LogP contribution in [0.3, 0.4) is 0 Å². The largest absolute Gasteiger partial charge is 0.486 e. The summed E-state index contributed by atoms with van der Waals surface area (Å²) in [6.07, 6.45) is 5.00. The number of ether oxygens (including phenoxy) is 3. The van der Waals surface area contributed by atoms with Crippen molar-refractivity contribution in [1.29, 1.82) is 0 Å². The zero-order valence-electron chi connectivity index (χ0n) is 29.5. The van der Waals surface area contributed by atoms with E-state index < -0.39 is 35.1 Å². The number of carbonyl (C=O) groups excluding carboxylic acids is 2. The molecule has 1 atom stereocenters. The van der Waals surface area contributed by atoms with E-state index in [-0.39, 0.29) is 24.0 Å². The molecule has 0 aliphatic heterocycles. The maximum atomic E-state index is 13.3. The second kappa shape index (κ2) is 14.4. The van der Waals surface area contributed by atoms with Gasteiger partial charge in [-0.25, -0.2) is 29.1 Å². The molecular weight excluding hydrogens is 618 g/mol. The fourth-order valence-electron chi connectivity index (χ4n) is 5.55. The monoisotopic (exact) mass is 667 g/mol. The number of aromatic nitrogens is 5. The second-order valence-electron chi connectivity index (χ2n) is 14.6. The lowest BCUT2D eigenvalue weighted by Crippen LogP contribution is -2.45. The van der Waals surface area contributed by atoms with Crippen molar-refractivity contribution in [3.63, 3.8) is 0 Å². The lowest BCUT2D eigenvalue weighted by atomic mass is 9.84. The van der Waals surface area contributed by atoms with E-state index in [0.717, 1.165) is 37.0 Å². The summed E-state index contributed by atoms with van der Waals surface area (Å²) >= 11 is 0. The number of imidazole rings is 1. The molecule has 4 rings (SSSR count). The maximum absolute atomic E-state index is 13.3. The van der Waals surface area contributed by atoms with Crippen molar-refractivity contribution in [2.45, 2.75) is 130 Å². The third-order valence-corrected chi connectivity index (χ3v) is 7.58. The van der Waals surface area contributed by atoms with Gasteiger partial charge in [-0.1, -0.05) is 25.2 Å². The quantitative estimate of drug-likeness (QED) is 0.264. The summed E-state index contributed by atoms with van der Waals surface area (Å²) in [5.74, 6) is 6.82. The fraction of sp³-hybridized carbons (Fsp3) is 0.647. The first kappa shape index (κ1) is 36.5. The van der Waals surface area contributed by atoms with Gasteiger partial charge in [0.15, 0.2) is 23.1 Å². The number of nitrogens with two attached hydrogens (primary N) is 1. The molecular formula is C34H49N7O7. The van der Waals surface area contributed by atoms with E-state index in [2.05, 4.69) is 27.1 Å². The van der Waals surface area contributed by atoms with E-state index >= 15 is 0 Å². The maximum Gasteiger partial charge on any atom is 0.419 e. The van der Waals surface area contributed by atoms with Gasteiger partial charge in [-0.15, -0.1) is 0 Å². The molecule has 1 aliphatic carbocycles. The topological polar surface area (TPSA) is 181 Å². The Morgan fingerprint density at radius 2 is 1.69 bits per heavy atom. The van der Waals surface area contributed by atoms with Crippen molar-refractivity contribution >= 4 is 29.0 Å². The molecule has 3 aromatic rings. The van der Waals surface area contributed by atoms with E-state index in [1.54, 1.807) is 61.6 Å². The highest BCUT2D eigenvalue weighted by atomic mass is 16.6. The molecule has 0 saturated heterocycles. The Kier molecular flexibility index (Phi) is 10.9. The number of hydrogen-bond acceptors (Lipinski definition) is 12. The number of fused-ring (bicyclic) bond motifs is 1. The van der Waals surface area contributed by atoms with E-state index in [4.69, 9.17) is 29.6 Å². The summed E-state index contributed by atoms with van der Waals surface area (Å²) in [5, 5.41) is 18.0. The third kappa shape index (κ3) is 9.37. The second-order valence-corrected chi connectivity index (χ2v) is 14.6. The highest BCUT2D eigenvalue weighted by Crippen LogP contribution is 2.36. The van der Waals surface area contributed by atoms with Crippen LogP contribution in [0.15, 0.2) is 10.8 Å². The van der Waals surface area contributed by atoms with Crippen molar-refractivity contribution in [2.75, 3.05) is 12.3 Å². The number of carbonyl (C=O) groups is 2. The first-order chi connectivity index (χ1) is 22.4. The van der Waals surface area contributed by atoms with Gasteiger partial charge < -0.3 is 29.6 Å². The lowest BCUT2D eigenvalue weighted by Gasteiger charge is -2.33. The molecule has 14 heteroatoms. The SMILES string of the molecule is CCn1c(-c2nonc2N)nc2c(C#CC(C)(C)O)ncc(OC(CCN(C(=O)OC(C)(C)C)C(=O)OC(C)(C)C)C3CCCCC3)c21. The number of pyridine rings is 1. The van der Waals surface area contributed by atoms with E-state index in [9.17, 15) is 14.7 Å². The standard InChI is InChI=1S/C34H49N7O7/c1-10-40-27-24(20-36-22(16-18-34(8,9)44)25(27)37-29(40)26-28(35)39-48-38-26)45-23(21-14-12-11-13-15-21)17-19-41(30(42)46-32(2,3)4)31(43)47-33(5,6)7/h20-21,23,44H,10-15,17,19H2,1-9H3,(H2,35,39).